The van der Waals surface area contributed by atoms with Crippen LogP contribution in [0.1, 0.15) is 45.4 Å². The van der Waals surface area contributed by atoms with Gasteiger partial charge in [0.2, 0.25) is 0 Å². The van der Waals surface area contributed by atoms with Crippen LogP contribution in [0.15, 0.2) is 0 Å². The van der Waals surface area contributed by atoms with Gasteiger partial charge in [0.25, 0.3) is 0 Å². The number of carbonyl (C=O) groups is 2. The predicted molar refractivity (Wildman–Crippen MR) is 74.8 cm³/mol. The molecule has 0 fully saturated rings. The standard InChI is InChI=1S/C14H24N2O3/c1-3-5-6-7-8-9-10-15-14(19)16(11-4-2)12-13(17)18/h2H,3,5-12H2,1H3,(H,15,19)(H,17,18). The summed E-state index contributed by atoms with van der Waals surface area (Å²) in [5, 5.41) is 11.4. The van der Waals surface area contributed by atoms with Gasteiger partial charge in [-0.05, 0) is 6.42 Å². The lowest BCUT2D eigenvalue weighted by molar-refractivity contribution is -0.137. The number of carboxylic acid groups (broad SMARTS) is 1. The normalized spacial score (nSPS) is 9.68. The van der Waals surface area contributed by atoms with Crippen molar-refractivity contribution in [2.45, 2.75) is 45.4 Å². The van der Waals surface area contributed by atoms with Crippen LogP contribution in [-0.4, -0.2) is 41.6 Å². The number of hydrogen-bond donors (Lipinski definition) is 2. The van der Waals surface area contributed by atoms with Crippen molar-refractivity contribution in [3.8, 4) is 12.3 Å². The zero-order valence-corrected chi connectivity index (χ0v) is 11.7. The number of carboxylic acids is 1. The number of hydrogen-bond acceptors (Lipinski definition) is 2. The molecule has 5 nitrogen and oxygen atoms in total. The molecule has 0 heterocycles. The molecule has 108 valence electrons. The highest BCUT2D eigenvalue weighted by atomic mass is 16.4. The van der Waals surface area contributed by atoms with Crippen molar-refractivity contribution in [1.29, 1.82) is 0 Å². The highest BCUT2D eigenvalue weighted by Crippen LogP contribution is 2.04. The van der Waals surface area contributed by atoms with Gasteiger partial charge in [-0.15, -0.1) is 6.42 Å². The maximum atomic E-state index is 11.7. The van der Waals surface area contributed by atoms with E-state index < -0.39 is 12.0 Å². The highest BCUT2D eigenvalue weighted by molar-refractivity contribution is 5.80. The Morgan fingerprint density at radius 2 is 1.84 bits per heavy atom. The van der Waals surface area contributed by atoms with E-state index in [0.29, 0.717) is 6.54 Å². The van der Waals surface area contributed by atoms with Crippen LogP contribution >= 0.6 is 0 Å². The molecule has 0 spiro atoms. The summed E-state index contributed by atoms with van der Waals surface area (Å²) in [4.78, 5) is 23.3. The van der Waals surface area contributed by atoms with E-state index in [1.54, 1.807) is 0 Å². The van der Waals surface area contributed by atoms with Crippen molar-refractivity contribution in [2.75, 3.05) is 19.6 Å². The number of nitrogens with one attached hydrogen (secondary N) is 1. The van der Waals surface area contributed by atoms with Crippen LogP contribution in [-0.2, 0) is 4.79 Å². The Morgan fingerprint density at radius 3 is 2.42 bits per heavy atom. The maximum absolute atomic E-state index is 11.7. The summed E-state index contributed by atoms with van der Waals surface area (Å²) < 4.78 is 0. The van der Waals surface area contributed by atoms with Crippen LogP contribution in [0, 0.1) is 12.3 Å². The van der Waals surface area contributed by atoms with Gasteiger partial charge in [0.1, 0.15) is 6.54 Å². The zero-order valence-electron chi connectivity index (χ0n) is 11.7. The van der Waals surface area contributed by atoms with Gasteiger partial charge in [0.05, 0.1) is 6.54 Å². The Labute approximate surface area is 115 Å². The molecule has 0 radical (unpaired) electrons. The summed E-state index contributed by atoms with van der Waals surface area (Å²) in [5.41, 5.74) is 0. The van der Waals surface area contributed by atoms with Crippen molar-refractivity contribution < 1.29 is 14.7 Å². The lowest BCUT2D eigenvalue weighted by atomic mass is 10.1. The molecular weight excluding hydrogens is 244 g/mol. The highest BCUT2D eigenvalue weighted by Gasteiger charge is 2.14. The molecular formula is C14H24N2O3. The number of rotatable bonds is 10. The zero-order chi connectivity index (χ0) is 14.5. The Kier molecular flexibility index (Phi) is 10.4. The monoisotopic (exact) mass is 268 g/mol. The first-order valence-electron chi connectivity index (χ1n) is 6.79. The van der Waals surface area contributed by atoms with Crippen LogP contribution in [0.4, 0.5) is 4.79 Å². The predicted octanol–water partition coefficient (Wildman–Crippen LogP) is 2.08. The molecule has 0 aromatic carbocycles. The van der Waals surface area contributed by atoms with Crippen molar-refractivity contribution in [2.24, 2.45) is 0 Å². The average molecular weight is 268 g/mol. The van der Waals surface area contributed by atoms with Crippen LogP contribution in [0.5, 0.6) is 0 Å². The molecule has 0 bridgehead atoms. The topological polar surface area (TPSA) is 69.6 Å². The maximum Gasteiger partial charge on any atom is 0.323 e. The third-order valence-electron chi connectivity index (χ3n) is 2.70. The van der Waals surface area contributed by atoms with Gasteiger partial charge in [-0.3, -0.25) is 4.79 Å². The summed E-state index contributed by atoms with van der Waals surface area (Å²) >= 11 is 0. The second-order valence-electron chi connectivity index (χ2n) is 4.45. The number of amides is 2. The van der Waals surface area contributed by atoms with E-state index in [2.05, 4.69) is 18.2 Å². The summed E-state index contributed by atoms with van der Waals surface area (Å²) in [6.07, 6.45) is 12.0. The molecule has 0 saturated carbocycles. The smallest absolute Gasteiger partial charge is 0.323 e. The van der Waals surface area contributed by atoms with Gasteiger partial charge in [0.15, 0.2) is 0 Å². The minimum Gasteiger partial charge on any atom is -0.480 e. The quantitative estimate of drug-likeness (QED) is 0.471. The Bertz CT molecular complexity index is 310. The minimum absolute atomic E-state index is 0.00856. The first kappa shape index (κ1) is 17.3. The number of carbonyl (C=O) groups excluding carboxylic acids is 1. The van der Waals surface area contributed by atoms with Crippen molar-refractivity contribution >= 4 is 12.0 Å². The SMILES string of the molecule is C#CCN(CC(=O)O)C(=O)NCCCCCCCC. The lowest BCUT2D eigenvalue weighted by Crippen LogP contribution is -2.43. The van der Waals surface area contributed by atoms with Gasteiger partial charge in [0, 0.05) is 6.54 Å². The minimum atomic E-state index is -1.06. The Morgan fingerprint density at radius 1 is 1.21 bits per heavy atom. The molecule has 0 aromatic heterocycles. The molecule has 0 aliphatic heterocycles. The largest absolute Gasteiger partial charge is 0.480 e. The van der Waals surface area contributed by atoms with Crippen LogP contribution < -0.4 is 5.32 Å². The van der Waals surface area contributed by atoms with Crippen molar-refractivity contribution in [3.05, 3.63) is 0 Å². The van der Waals surface area contributed by atoms with Crippen LogP contribution in [0.3, 0.4) is 0 Å². The first-order chi connectivity index (χ1) is 9.11. The van der Waals surface area contributed by atoms with Gasteiger partial charge >= 0.3 is 12.0 Å². The van der Waals surface area contributed by atoms with Gasteiger partial charge in [-0.1, -0.05) is 44.9 Å². The second kappa shape index (κ2) is 11.4. The molecule has 19 heavy (non-hydrogen) atoms. The molecule has 0 unspecified atom stereocenters. The summed E-state index contributed by atoms with van der Waals surface area (Å²) in [7, 11) is 0. The fourth-order valence-electron chi connectivity index (χ4n) is 1.69. The molecule has 5 heteroatoms. The van der Waals surface area contributed by atoms with Crippen LogP contribution in [0.2, 0.25) is 0 Å². The van der Waals surface area contributed by atoms with E-state index >= 15 is 0 Å². The van der Waals surface area contributed by atoms with Crippen molar-refractivity contribution in [3.63, 3.8) is 0 Å². The fourth-order valence-corrected chi connectivity index (χ4v) is 1.69. The second-order valence-corrected chi connectivity index (χ2v) is 4.45. The molecule has 0 rings (SSSR count). The number of terminal acetylenes is 1. The molecule has 0 aliphatic rings. The first-order valence-corrected chi connectivity index (χ1v) is 6.79. The number of aliphatic carboxylic acids is 1. The van der Waals surface area contributed by atoms with E-state index in [1.807, 2.05) is 0 Å². The summed E-state index contributed by atoms with van der Waals surface area (Å²) in [6, 6.07) is -0.408. The van der Waals surface area contributed by atoms with E-state index in [1.165, 1.54) is 25.7 Å². The molecule has 0 aromatic rings. The van der Waals surface area contributed by atoms with Gasteiger partial charge in [-0.25, -0.2) is 4.79 Å². The number of unbranched alkanes of at least 4 members (excludes halogenated alkanes) is 5. The van der Waals surface area contributed by atoms with E-state index in [9.17, 15) is 9.59 Å². The Hall–Kier alpha value is -1.70. The van der Waals surface area contributed by atoms with Crippen LogP contribution in [0.25, 0.3) is 0 Å². The van der Waals surface area contributed by atoms with E-state index in [-0.39, 0.29) is 13.1 Å². The molecule has 0 aliphatic carbocycles. The molecule has 2 N–H and O–H groups in total. The van der Waals surface area contributed by atoms with E-state index in [0.717, 1.165) is 17.7 Å². The summed E-state index contributed by atoms with van der Waals surface area (Å²) in [5.74, 6) is 1.22. The summed E-state index contributed by atoms with van der Waals surface area (Å²) in [6.45, 7) is 2.37. The Balaban J connectivity index is 3.75. The van der Waals surface area contributed by atoms with Gasteiger partial charge < -0.3 is 15.3 Å². The third-order valence-corrected chi connectivity index (χ3v) is 2.70. The number of urea groups is 1. The lowest BCUT2D eigenvalue weighted by Gasteiger charge is -2.18. The van der Waals surface area contributed by atoms with Gasteiger partial charge in [-0.2, -0.15) is 0 Å². The molecule has 0 atom stereocenters. The van der Waals surface area contributed by atoms with Crippen molar-refractivity contribution in [1.82, 2.24) is 10.2 Å². The average Bonchev–Trinajstić information content (AvgIpc) is 2.36. The number of nitrogens with zero attached hydrogens (tertiary/aromatic N) is 1. The molecule has 2 amide bonds. The third kappa shape index (κ3) is 9.95. The van der Waals surface area contributed by atoms with E-state index in [4.69, 9.17) is 11.5 Å². The fraction of sp³-hybridized carbons (Fsp3) is 0.714. The molecule has 0 saturated heterocycles.